The molecular formula is C11H12O3. The third-order valence-electron chi connectivity index (χ3n) is 1.80. The summed E-state index contributed by atoms with van der Waals surface area (Å²) in [4.78, 5) is 21.4. The van der Waals surface area contributed by atoms with Gasteiger partial charge in [-0.1, -0.05) is 30.3 Å². The van der Waals surface area contributed by atoms with Crippen molar-refractivity contribution in [1.29, 1.82) is 0 Å². The molecule has 0 N–H and O–H groups in total. The van der Waals surface area contributed by atoms with Crippen molar-refractivity contribution in [3.63, 3.8) is 0 Å². The molecule has 3 heteroatoms. The van der Waals surface area contributed by atoms with Gasteiger partial charge in [-0.2, -0.15) is 0 Å². The van der Waals surface area contributed by atoms with Crippen LogP contribution in [-0.4, -0.2) is 12.3 Å². The van der Waals surface area contributed by atoms with E-state index in [0.717, 1.165) is 5.56 Å². The predicted molar refractivity (Wildman–Crippen MR) is 51.5 cm³/mol. The van der Waals surface area contributed by atoms with Crippen LogP contribution in [0.25, 0.3) is 0 Å². The van der Waals surface area contributed by atoms with Crippen molar-refractivity contribution in [1.82, 2.24) is 0 Å². The molecule has 1 aromatic carbocycles. The molecule has 0 radical (unpaired) electrons. The fourth-order valence-electron chi connectivity index (χ4n) is 0.916. The SMILES string of the molecule is CC(C=O)C(=O)OCc1ccccc1. The highest BCUT2D eigenvalue weighted by atomic mass is 16.5. The Morgan fingerprint density at radius 3 is 2.64 bits per heavy atom. The molecule has 0 aliphatic heterocycles. The molecule has 0 fully saturated rings. The Balaban J connectivity index is 2.42. The van der Waals surface area contributed by atoms with Crippen LogP contribution in [0, 0.1) is 5.92 Å². The van der Waals surface area contributed by atoms with Crippen molar-refractivity contribution in [3.05, 3.63) is 35.9 Å². The minimum atomic E-state index is -0.682. The van der Waals surface area contributed by atoms with Crippen molar-refractivity contribution >= 4 is 12.3 Å². The normalized spacial score (nSPS) is 11.8. The summed E-state index contributed by atoms with van der Waals surface area (Å²) < 4.78 is 4.91. The van der Waals surface area contributed by atoms with Crippen LogP contribution in [0.4, 0.5) is 0 Å². The molecule has 0 aliphatic rings. The zero-order valence-corrected chi connectivity index (χ0v) is 7.97. The van der Waals surface area contributed by atoms with Gasteiger partial charge in [-0.25, -0.2) is 0 Å². The third-order valence-corrected chi connectivity index (χ3v) is 1.80. The van der Waals surface area contributed by atoms with Gasteiger partial charge < -0.3 is 9.53 Å². The second-order valence-electron chi connectivity index (χ2n) is 3.02. The maximum absolute atomic E-state index is 11.1. The van der Waals surface area contributed by atoms with Gasteiger partial charge in [-0.3, -0.25) is 4.79 Å². The van der Waals surface area contributed by atoms with Gasteiger partial charge in [0.05, 0.1) is 0 Å². The molecule has 1 aromatic rings. The number of hydrogen-bond acceptors (Lipinski definition) is 3. The molecule has 74 valence electrons. The maximum Gasteiger partial charge on any atom is 0.316 e. The van der Waals surface area contributed by atoms with Crippen LogP contribution in [-0.2, 0) is 20.9 Å². The second-order valence-corrected chi connectivity index (χ2v) is 3.02. The van der Waals surface area contributed by atoms with Gasteiger partial charge in [-0.15, -0.1) is 0 Å². The topological polar surface area (TPSA) is 43.4 Å². The fourth-order valence-corrected chi connectivity index (χ4v) is 0.916. The number of carbonyl (C=O) groups is 2. The Kier molecular flexibility index (Phi) is 3.85. The van der Waals surface area contributed by atoms with Crippen molar-refractivity contribution in [3.8, 4) is 0 Å². The molecule has 0 amide bonds. The highest BCUT2D eigenvalue weighted by molar-refractivity contribution is 5.87. The van der Waals surface area contributed by atoms with Crippen LogP contribution in [0.3, 0.4) is 0 Å². The zero-order valence-electron chi connectivity index (χ0n) is 7.97. The first-order valence-electron chi connectivity index (χ1n) is 4.40. The molecule has 0 aromatic heterocycles. The monoisotopic (exact) mass is 192 g/mol. The van der Waals surface area contributed by atoms with E-state index in [0.29, 0.717) is 6.29 Å². The van der Waals surface area contributed by atoms with Crippen molar-refractivity contribution < 1.29 is 14.3 Å². The van der Waals surface area contributed by atoms with E-state index in [2.05, 4.69) is 0 Å². The standard InChI is InChI=1S/C11H12O3/c1-9(7-12)11(13)14-8-10-5-3-2-4-6-10/h2-7,9H,8H2,1H3. The lowest BCUT2D eigenvalue weighted by Gasteiger charge is -2.05. The molecule has 0 aliphatic carbocycles. The van der Waals surface area contributed by atoms with Gasteiger partial charge in [0.25, 0.3) is 0 Å². The molecular weight excluding hydrogens is 180 g/mol. The Labute approximate surface area is 82.7 Å². The summed E-state index contributed by atoms with van der Waals surface area (Å²) in [6.07, 6.45) is 0.577. The first-order chi connectivity index (χ1) is 6.74. The lowest BCUT2D eigenvalue weighted by atomic mass is 10.2. The minimum Gasteiger partial charge on any atom is -0.460 e. The van der Waals surface area contributed by atoms with Crippen molar-refractivity contribution in [2.24, 2.45) is 5.92 Å². The van der Waals surface area contributed by atoms with Crippen LogP contribution in [0.1, 0.15) is 12.5 Å². The van der Waals surface area contributed by atoms with E-state index in [-0.39, 0.29) is 6.61 Å². The molecule has 0 bridgehead atoms. The smallest absolute Gasteiger partial charge is 0.316 e. The molecule has 0 saturated heterocycles. The molecule has 1 rings (SSSR count). The van der Waals surface area contributed by atoms with Gasteiger partial charge in [0.15, 0.2) is 0 Å². The predicted octanol–water partition coefficient (Wildman–Crippen LogP) is 1.56. The van der Waals surface area contributed by atoms with Crippen molar-refractivity contribution in [2.45, 2.75) is 13.5 Å². The van der Waals surface area contributed by atoms with E-state index in [4.69, 9.17) is 4.74 Å². The molecule has 14 heavy (non-hydrogen) atoms. The summed E-state index contributed by atoms with van der Waals surface area (Å²) in [5.41, 5.74) is 0.916. The summed E-state index contributed by atoms with van der Waals surface area (Å²) in [7, 11) is 0. The van der Waals surface area contributed by atoms with Gasteiger partial charge in [0, 0.05) is 0 Å². The molecule has 3 nitrogen and oxygen atoms in total. The van der Waals surface area contributed by atoms with E-state index in [1.54, 1.807) is 0 Å². The Hall–Kier alpha value is -1.64. The fraction of sp³-hybridized carbons (Fsp3) is 0.273. The maximum atomic E-state index is 11.1. The van der Waals surface area contributed by atoms with Gasteiger partial charge in [-0.05, 0) is 12.5 Å². The van der Waals surface area contributed by atoms with Crippen LogP contribution in [0.15, 0.2) is 30.3 Å². The summed E-state index contributed by atoms with van der Waals surface area (Å²) in [5.74, 6) is -1.16. The van der Waals surface area contributed by atoms with E-state index in [1.165, 1.54) is 6.92 Å². The Morgan fingerprint density at radius 2 is 2.07 bits per heavy atom. The number of hydrogen-bond donors (Lipinski definition) is 0. The average Bonchev–Trinajstić information content (AvgIpc) is 2.26. The number of ether oxygens (including phenoxy) is 1. The third kappa shape index (κ3) is 3.01. The largest absolute Gasteiger partial charge is 0.460 e. The lowest BCUT2D eigenvalue weighted by molar-refractivity contribution is -0.150. The van der Waals surface area contributed by atoms with Gasteiger partial charge >= 0.3 is 5.97 Å². The van der Waals surface area contributed by atoms with E-state index in [9.17, 15) is 9.59 Å². The minimum absolute atomic E-state index is 0.220. The Bertz CT molecular complexity index is 306. The van der Waals surface area contributed by atoms with Crippen LogP contribution >= 0.6 is 0 Å². The number of rotatable bonds is 4. The van der Waals surface area contributed by atoms with Crippen LogP contribution in [0.5, 0.6) is 0 Å². The second kappa shape index (κ2) is 5.17. The highest BCUT2D eigenvalue weighted by Crippen LogP contribution is 2.03. The zero-order chi connectivity index (χ0) is 10.4. The number of esters is 1. The summed E-state index contributed by atoms with van der Waals surface area (Å²) in [6, 6.07) is 9.34. The first kappa shape index (κ1) is 10.4. The average molecular weight is 192 g/mol. The van der Waals surface area contributed by atoms with E-state index >= 15 is 0 Å². The number of aldehydes is 1. The molecule has 0 heterocycles. The highest BCUT2D eigenvalue weighted by Gasteiger charge is 2.12. The van der Waals surface area contributed by atoms with Crippen LogP contribution in [0.2, 0.25) is 0 Å². The molecule has 0 saturated carbocycles. The summed E-state index contributed by atoms with van der Waals surface area (Å²) in [5, 5.41) is 0. The molecule has 1 atom stereocenters. The number of benzene rings is 1. The summed E-state index contributed by atoms with van der Waals surface area (Å²) >= 11 is 0. The number of carbonyl (C=O) groups excluding carboxylic acids is 2. The Morgan fingerprint density at radius 1 is 1.43 bits per heavy atom. The first-order valence-corrected chi connectivity index (χ1v) is 4.40. The molecule has 0 spiro atoms. The summed E-state index contributed by atoms with van der Waals surface area (Å²) in [6.45, 7) is 1.73. The lowest BCUT2D eigenvalue weighted by Crippen LogP contribution is -2.15. The molecule has 1 unspecified atom stereocenters. The van der Waals surface area contributed by atoms with Gasteiger partial charge in [0.1, 0.15) is 18.8 Å². The van der Waals surface area contributed by atoms with E-state index < -0.39 is 11.9 Å². The van der Waals surface area contributed by atoms with Crippen LogP contribution < -0.4 is 0 Å². The quantitative estimate of drug-likeness (QED) is 0.413. The van der Waals surface area contributed by atoms with Gasteiger partial charge in [0.2, 0.25) is 0 Å². The van der Waals surface area contributed by atoms with Crippen molar-refractivity contribution in [2.75, 3.05) is 0 Å². The van der Waals surface area contributed by atoms with E-state index in [1.807, 2.05) is 30.3 Å².